The van der Waals surface area contributed by atoms with Crippen molar-refractivity contribution < 1.29 is 14.3 Å². The zero-order valence-corrected chi connectivity index (χ0v) is 21.2. The zero-order chi connectivity index (χ0) is 24.8. The number of imidazole rings is 1. The molecule has 1 saturated carbocycles. The fourth-order valence-corrected chi connectivity index (χ4v) is 4.84. The predicted octanol–water partition coefficient (Wildman–Crippen LogP) is 5.45. The van der Waals surface area contributed by atoms with E-state index in [1.165, 1.54) is 12.8 Å². The molecule has 0 bridgehead atoms. The molecule has 0 aliphatic heterocycles. The summed E-state index contributed by atoms with van der Waals surface area (Å²) in [7, 11) is 3.49. The summed E-state index contributed by atoms with van der Waals surface area (Å²) in [5.41, 5.74) is 3.32. The maximum Gasteiger partial charge on any atom is 0.231 e. The second-order valence-electron chi connectivity index (χ2n) is 9.27. The Bertz CT molecular complexity index is 1170. The van der Waals surface area contributed by atoms with Crippen LogP contribution in [0.4, 0.5) is 11.6 Å². The third kappa shape index (κ3) is 6.41. The number of hydrogen-bond donors (Lipinski definition) is 1. The van der Waals surface area contributed by atoms with Crippen molar-refractivity contribution in [2.24, 2.45) is 5.92 Å². The van der Waals surface area contributed by atoms with Crippen molar-refractivity contribution in [1.82, 2.24) is 9.55 Å². The van der Waals surface area contributed by atoms with Crippen LogP contribution in [0, 0.1) is 5.92 Å². The lowest BCUT2D eigenvalue weighted by molar-refractivity contribution is -0.119. The first-order valence-electron chi connectivity index (χ1n) is 12.2. The number of methoxy groups -OCH3 is 1. The summed E-state index contributed by atoms with van der Waals surface area (Å²) < 4.78 is 7.22. The van der Waals surface area contributed by atoms with Crippen LogP contribution < -0.4 is 10.2 Å². The maximum atomic E-state index is 12.8. The molecule has 1 aliphatic rings. The lowest BCUT2D eigenvalue weighted by Gasteiger charge is -2.19. The molecule has 0 unspecified atom stereocenters. The van der Waals surface area contributed by atoms with Gasteiger partial charge in [-0.05, 0) is 61.1 Å². The third-order valence-corrected chi connectivity index (χ3v) is 6.94. The van der Waals surface area contributed by atoms with E-state index >= 15 is 0 Å². The highest BCUT2D eigenvalue weighted by molar-refractivity contribution is 6.30. The first-order chi connectivity index (χ1) is 16.9. The van der Waals surface area contributed by atoms with Gasteiger partial charge in [0, 0.05) is 44.4 Å². The molecule has 1 aliphatic carbocycles. The van der Waals surface area contributed by atoms with Gasteiger partial charge in [0.2, 0.25) is 17.8 Å². The Morgan fingerprint density at radius 2 is 1.91 bits per heavy atom. The molecule has 35 heavy (non-hydrogen) atoms. The normalized spacial score (nSPS) is 13.9. The Hall–Kier alpha value is -2.90. The van der Waals surface area contributed by atoms with Crippen molar-refractivity contribution in [2.45, 2.75) is 51.5 Å². The monoisotopic (exact) mass is 496 g/mol. The maximum absolute atomic E-state index is 12.8. The fraction of sp³-hybridized carbons (Fsp3) is 0.444. The number of aryl methyl sites for hydroxylation is 1. The van der Waals surface area contributed by atoms with Crippen LogP contribution in [0.25, 0.3) is 11.0 Å². The van der Waals surface area contributed by atoms with Gasteiger partial charge in [0.25, 0.3) is 0 Å². The number of fused-ring (bicyclic) bond motifs is 1. The number of anilines is 2. The van der Waals surface area contributed by atoms with Gasteiger partial charge in [0.15, 0.2) is 0 Å². The van der Waals surface area contributed by atoms with Gasteiger partial charge in [-0.1, -0.05) is 36.6 Å². The van der Waals surface area contributed by atoms with Crippen LogP contribution in [0.2, 0.25) is 5.02 Å². The van der Waals surface area contributed by atoms with Gasteiger partial charge in [0.1, 0.15) is 0 Å². The average molecular weight is 497 g/mol. The second kappa shape index (κ2) is 11.7. The summed E-state index contributed by atoms with van der Waals surface area (Å²) in [6.45, 7) is 1.25. The van der Waals surface area contributed by atoms with Crippen molar-refractivity contribution in [3.05, 3.63) is 53.1 Å². The summed E-state index contributed by atoms with van der Waals surface area (Å²) in [4.78, 5) is 32.1. The second-order valence-corrected chi connectivity index (χ2v) is 9.70. The zero-order valence-electron chi connectivity index (χ0n) is 20.4. The van der Waals surface area contributed by atoms with E-state index in [1.54, 1.807) is 24.1 Å². The molecule has 7 nitrogen and oxygen atoms in total. The number of amides is 2. The number of ether oxygens (including phenoxy) is 1. The molecule has 1 N–H and O–H groups in total. The number of nitrogens with zero attached hydrogens (tertiary/aromatic N) is 3. The number of benzene rings is 2. The Balaban J connectivity index is 1.54. The smallest absolute Gasteiger partial charge is 0.231 e. The van der Waals surface area contributed by atoms with Crippen LogP contribution in [0.3, 0.4) is 0 Å². The molecule has 1 heterocycles. The first kappa shape index (κ1) is 25.2. The minimum atomic E-state index is -0.153. The number of carbonyl (C=O) groups excluding carboxylic acids is 2. The van der Waals surface area contributed by atoms with Crippen molar-refractivity contribution >= 4 is 46.1 Å². The van der Waals surface area contributed by atoms with Gasteiger partial charge < -0.3 is 14.2 Å². The molecule has 1 fully saturated rings. The topological polar surface area (TPSA) is 76.5 Å². The number of carbonyl (C=O) groups is 2. The highest BCUT2D eigenvalue weighted by atomic mass is 35.5. The minimum absolute atomic E-state index is 0.132. The lowest BCUT2D eigenvalue weighted by Crippen LogP contribution is -2.27. The van der Waals surface area contributed by atoms with Gasteiger partial charge in [-0.2, -0.15) is 0 Å². The van der Waals surface area contributed by atoms with Crippen molar-refractivity contribution in [3.8, 4) is 0 Å². The van der Waals surface area contributed by atoms with Gasteiger partial charge in [0.05, 0.1) is 17.5 Å². The Labute approximate surface area is 211 Å². The number of halogens is 1. The molecule has 4 rings (SSSR count). The highest BCUT2D eigenvalue weighted by Crippen LogP contribution is 2.30. The molecule has 0 radical (unpaired) electrons. The Kier molecular flexibility index (Phi) is 8.42. The van der Waals surface area contributed by atoms with Gasteiger partial charge in [-0.3, -0.25) is 14.9 Å². The number of aromatic nitrogens is 2. The summed E-state index contributed by atoms with van der Waals surface area (Å²) in [5.74, 6) is 0.968. The quantitative estimate of drug-likeness (QED) is 0.378. The van der Waals surface area contributed by atoms with E-state index in [0.29, 0.717) is 36.5 Å². The summed E-state index contributed by atoms with van der Waals surface area (Å²) in [6, 6.07) is 13.1. The number of nitrogens with one attached hydrogen (secondary N) is 1. The van der Waals surface area contributed by atoms with Gasteiger partial charge in [-0.15, -0.1) is 0 Å². The molecule has 0 spiro atoms. The largest absolute Gasteiger partial charge is 0.385 e. The summed E-state index contributed by atoms with van der Waals surface area (Å²) >= 11 is 5.95. The molecule has 3 aromatic rings. The third-order valence-electron chi connectivity index (χ3n) is 6.69. The van der Waals surface area contributed by atoms with Gasteiger partial charge >= 0.3 is 0 Å². The van der Waals surface area contributed by atoms with Crippen LogP contribution in [0.1, 0.15) is 44.1 Å². The number of hydrogen-bond acceptors (Lipinski definition) is 4. The van der Waals surface area contributed by atoms with E-state index < -0.39 is 0 Å². The van der Waals surface area contributed by atoms with Crippen LogP contribution in [0.5, 0.6) is 0 Å². The Morgan fingerprint density at radius 1 is 1.17 bits per heavy atom. The van der Waals surface area contributed by atoms with Crippen molar-refractivity contribution in [2.75, 3.05) is 31.0 Å². The molecular formula is C27H33ClN4O3. The van der Waals surface area contributed by atoms with Crippen LogP contribution in [-0.4, -0.2) is 42.1 Å². The first-order valence-corrected chi connectivity index (χ1v) is 12.6. The standard InChI is InChI=1S/C27H33ClN4O3/c1-31(26(34)17-19-6-3-4-7-19)22-12-13-24-23(18-22)29-27(32(24)14-5-15-35-2)30-25(33)16-20-8-10-21(28)11-9-20/h8-13,18-19H,3-7,14-17H2,1-2H3,(H,29,30,33). The van der Waals surface area contributed by atoms with E-state index in [4.69, 9.17) is 21.3 Å². The molecule has 1 aromatic heterocycles. The van der Waals surface area contributed by atoms with Gasteiger partial charge in [-0.25, -0.2) is 4.98 Å². The lowest BCUT2D eigenvalue weighted by atomic mass is 10.0. The molecule has 8 heteroatoms. The van der Waals surface area contributed by atoms with E-state index in [0.717, 1.165) is 41.5 Å². The molecule has 186 valence electrons. The summed E-state index contributed by atoms with van der Waals surface area (Å²) in [6.07, 6.45) is 6.33. The van der Waals surface area contributed by atoms with Crippen molar-refractivity contribution in [1.29, 1.82) is 0 Å². The van der Waals surface area contributed by atoms with E-state index in [9.17, 15) is 9.59 Å². The molecule has 0 atom stereocenters. The summed E-state index contributed by atoms with van der Waals surface area (Å²) in [5, 5.41) is 3.60. The molecule has 2 amide bonds. The Morgan fingerprint density at radius 3 is 2.63 bits per heavy atom. The SMILES string of the molecule is COCCCn1c(NC(=O)Cc2ccc(Cl)cc2)nc2cc(N(C)C(=O)CC3CCCC3)ccc21. The number of rotatable bonds is 10. The highest BCUT2D eigenvalue weighted by Gasteiger charge is 2.22. The molecule has 2 aromatic carbocycles. The van der Waals surface area contributed by atoms with Crippen LogP contribution >= 0.6 is 11.6 Å². The molecule has 0 saturated heterocycles. The average Bonchev–Trinajstić information content (AvgIpc) is 3.47. The fourth-order valence-electron chi connectivity index (χ4n) is 4.71. The van der Waals surface area contributed by atoms with Crippen molar-refractivity contribution in [3.63, 3.8) is 0 Å². The predicted molar refractivity (Wildman–Crippen MR) is 140 cm³/mol. The van der Waals surface area contributed by atoms with E-state index in [2.05, 4.69) is 5.32 Å². The molecular weight excluding hydrogens is 464 g/mol. The minimum Gasteiger partial charge on any atom is -0.385 e. The van der Waals surface area contributed by atoms with Crippen LogP contribution in [-0.2, 0) is 27.3 Å². The van der Waals surface area contributed by atoms with E-state index in [1.807, 2.05) is 41.9 Å². The van der Waals surface area contributed by atoms with E-state index in [-0.39, 0.29) is 18.2 Å². The van der Waals surface area contributed by atoms with Crippen LogP contribution in [0.15, 0.2) is 42.5 Å².